The van der Waals surface area contributed by atoms with Crippen LogP contribution in [0.3, 0.4) is 0 Å². The molecule has 0 N–H and O–H groups in total. The summed E-state index contributed by atoms with van der Waals surface area (Å²) >= 11 is 0. The standard InChI is InChI=1S/C9H8ClN5O2S/c10-18(16,17)9-14-13-8(15(9)7-1-2-7)6-3-11-5-12-4-6/h3-5,7H,1-2H2. The predicted molar refractivity (Wildman–Crippen MR) is 62.4 cm³/mol. The quantitative estimate of drug-likeness (QED) is 0.781. The van der Waals surface area contributed by atoms with E-state index < -0.39 is 9.05 Å². The van der Waals surface area contributed by atoms with Gasteiger partial charge < -0.3 is 0 Å². The van der Waals surface area contributed by atoms with Crippen LogP contribution in [0.1, 0.15) is 18.9 Å². The van der Waals surface area contributed by atoms with Gasteiger partial charge in [0.15, 0.2) is 5.82 Å². The van der Waals surface area contributed by atoms with Crippen LogP contribution >= 0.6 is 10.7 Å². The Morgan fingerprint density at radius 3 is 2.44 bits per heavy atom. The van der Waals surface area contributed by atoms with E-state index in [-0.39, 0.29) is 11.2 Å². The van der Waals surface area contributed by atoms with Gasteiger partial charge in [-0.1, -0.05) is 0 Å². The molecule has 0 spiro atoms. The van der Waals surface area contributed by atoms with Crippen LogP contribution in [0.4, 0.5) is 0 Å². The maximum absolute atomic E-state index is 11.4. The lowest BCUT2D eigenvalue weighted by Crippen LogP contribution is -2.06. The lowest BCUT2D eigenvalue weighted by atomic mass is 10.3. The van der Waals surface area contributed by atoms with E-state index in [1.54, 1.807) is 17.0 Å². The third-order valence-electron chi connectivity index (χ3n) is 2.61. The second kappa shape index (κ2) is 3.99. The van der Waals surface area contributed by atoms with E-state index in [4.69, 9.17) is 10.7 Å². The van der Waals surface area contributed by atoms with Gasteiger partial charge in [0, 0.05) is 29.1 Å². The van der Waals surface area contributed by atoms with Gasteiger partial charge in [-0.15, -0.1) is 10.2 Å². The number of aromatic nitrogens is 5. The van der Waals surface area contributed by atoms with Crippen LogP contribution < -0.4 is 0 Å². The molecule has 0 saturated heterocycles. The fourth-order valence-corrected chi connectivity index (χ4v) is 2.64. The molecule has 0 atom stereocenters. The molecule has 1 aliphatic rings. The van der Waals surface area contributed by atoms with E-state index in [0.717, 1.165) is 12.8 Å². The molecule has 0 bridgehead atoms. The summed E-state index contributed by atoms with van der Waals surface area (Å²) in [5, 5.41) is 7.33. The highest BCUT2D eigenvalue weighted by molar-refractivity contribution is 8.13. The lowest BCUT2D eigenvalue weighted by Gasteiger charge is -2.06. The fraction of sp³-hybridized carbons (Fsp3) is 0.333. The van der Waals surface area contributed by atoms with Crippen molar-refractivity contribution >= 4 is 19.7 Å². The predicted octanol–water partition coefficient (Wildman–Crippen LogP) is 0.998. The van der Waals surface area contributed by atoms with Crippen molar-refractivity contribution < 1.29 is 8.42 Å². The van der Waals surface area contributed by atoms with E-state index in [1.807, 2.05) is 0 Å². The molecule has 1 aliphatic carbocycles. The normalized spacial score (nSPS) is 15.8. The van der Waals surface area contributed by atoms with E-state index >= 15 is 0 Å². The van der Waals surface area contributed by atoms with Crippen LogP contribution in [0, 0.1) is 0 Å². The zero-order valence-corrected chi connectivity index (χ0v) is 10.6. The highest BCUT2D eigenvalue weighted by Crippen LogP contribution is 2.40. The minimum absolute atomic E-state index is 0.0822. The van der Waals surface area contributed by atoms with Gasteiger partial charge in [0.2, 0.25) is 0 Å². The number of hydrogen-bond donors (Lipinski definition) is 0. The third-order valence-corrected chi connectivity index (χ3v) is 3.74. The zero-order valence-electron chi connectivity index (χ0n) is 9.06. The van der Waals surface area contributed by atoms with Crippen molar-refractivity contribution in [1.82, 2.24) is 24.7 Å². The van der Waals surface area contributed by atoms with Gasteiger partial charge >= 0.3 is 0 Å². The van der Waals surface area contributed by atoms with Gasteiger partial charge in [-0.2, -0.15) is 0 Å². The molecular formula is C9H8ClN5O2S. The third kappa shape index (κ3) is 1.97. The van der Waals surface area contributed by atoms with Crippen molar-refractivity contribution in [2.75, 3.05) is 0 Å². The molecule has 9 heteroatoms. The average Bonchev–Trinajstić information content (AvgIpc) is 3.07. The van der Waals surface area contributed by atoms with E-state index in [0.29, 0.717) is 11.4 Å². The maximum Gasteiger partial charge on any atom is 0.296 e. The van der Waals surface area contributed by atoms with Crippen molar-refractivity contribution in [3.8, 4) is 11.4 Å². The molecule has 7 nitrogen and oxygen atoms in total. The molecule has 18 heavy (non-hydrogen) atoms. The Labute approximate surface area is 107 Å². The number of nitrogens with zero attached hydrogens (tertiary/aromatic N) is 5. The highest BCUT2D eigenvalue weighted by Gasteiger charge is 2.34. The Morgan fingerprint density at radius 1 is 1.22 bits per heavy atom. The SMILES string of the molecule is O=S(=O)(Cl)c1nnc(-c2cncnc2)n1C1CC1. The summed E-state index contributed by atoms with van der Waals surface area (Å²) in [5.41, 5.74) is 0.614. The lowest BCUT2D eigenvalue weighted by molar-refractivity contribution is 0.579. The highest BCUT2D eigenvalue weighted by atomic mass is 35.7. The Balaban J connectivity index is 2.20. The summed E-state index contributed by atoms with van der Waals surface area (Å²) < 4.78 is 24.4. The van der Waals surface area contributed by atoms with Crippen molar-refractivity contribution in [3.63, 3.8) is 0 Å². The smallest absolute Gasteiger partial charge is 0.294 e. The van der Waals surface area contributed by atoms with Crippen LogP contribution in [0.5, 0.6) is 0 Å². The second-order valence-electron chi connectivity index (χ2n) is 3.97. The van der Waals surface area contributed by atoms with Crippen molar-refractivity contribution in [3.05, 3.63) is 18.7 Å². The van der Waals surface area contributed by atoms with Crippen LogP contribution in [0.25, 0.3) is 11.4 Å². The molecule has 1 saturated carbocycles. The molecule has 0 unspecified atom stereocenters. The van der Waals surface area contributed by atoms with E-state index in [9.17, 15) is 8.42 Å². The minimum Gasteiger partial charge on any atom is -0.294 e. The number of rotatable bonds is 3. The van der Waals surface area contributed by atoms with Crippen LogP contribution in [0.15, 0.2) is 23.9 Å². The molecule has 0 amide bonds. The van der Waals surface area contributed by atoms with Crippen molar-refractivity contribution in [2.45, 2.75) is 24.0 Å². The molecule has 0 aromatic carbocycles. The monoisotopic (exact) mass is 285 g/mol. The van der Waals surface area contributed by atoms with Crippen molar-refractivity contribution in [1.29, 1.82) is 0 Å². The first kappa shape index (κ1) is 11.5. The summed E-state index contributed by atoms with van der Waals surface area (Å²) in [6, 6.07) is 0.0822. The van der Waals surface area contributed by atoms with E-state index in [1.165, 1.54) is 6.33 Å². The van der Waals surface area contributed by atoms with Crippen molar-refractivity contribution in [2.24, 2.45) is 0 Å². The average molecular weight is 286 g/mol. The molecular weight excluding hydrogens is 278 g/mol. The van der Waals surface area contributed by atoms with Gasteiger partial charge in [0.25, 0.3) is 14.2 Å². The topological polar surface area (TPSA) is 90.6 Å². The maximum atomic E-state index is 11.4. The van der Waals surface area contributed by atoms with Gasteiger partial charge in [-0.3, -0.25) is 4.57 Å². The molecule has 2 aromatic heterocycles. The summed E-state index contributed by atoms with van der Waals surface area (Å²) in [6.45, 7) is 0. The molecule has 2 aromatic rings. The van der Waals surface area contributed by atoms with Gasteiger partial charge in [-0.25, -0.2) is 18.4 Å². The summed E-state index contributed by atoms with van der Waals surface area (Å²) in [7, 11) is 1.45. The largest absolute Gasteiger partial charge is 0.296 e. The molecule has 1 fully saturated rings. The molecule has 0 radical (unpaired) electrons. The molecule has 3 rings (SSSR count). The molecule has 0 aliphatic heterocycles. The first-order valence-electron chi connectivity index (χ1n) is 5.22. The number of halogens is 1. The Hall–Kier alpha value is -1.54. The first-order chi connectivity index (χ1) is 8.57. The second-order valence-corrected chi connectivity index (χ2v) is 6.43. The molecule has 94 valence electrons. The van der Waals surface area contributed by atoms with Gasteiger partial charge in [-0.05, 0) is 12.8 Å². The Morgan fingerprint density at radius 2 is 1.89 bits per heavy atom. The summed E-state index contributed by atoms with van der Waals surface area (Å²) in [6.07, 6.45) is 6.28. The van der Waals surface area contributed by atoms with Gasteiger partial charge in [0.05, 0.1) is 5.56 Å². The minimum atomic E-state index is -3.90. The van der Waals surface area contributed by atoms with Gasteiger partial charge in [0.1, 0.15) is 6.33 Å². The van der Waals surface area contributed by atoms with Crippen LogP contribution in [-0.2, 0) is 9.05 Å². The summed E-state index contributed by atoms with van der Waals surface area (Å²) in [4.78, 5) is 7.76. The Bertz CT molecular complexity index is 680. The fourth-order valence-electron chi connectivity index (χ4n) is 1.72. The van der Waals surface area contributed by atoms with Crippen LogP contribution in [-0.4, -0.2) is 33.2 Å². The molecule has 2 heterocycles. The number of hydrogen-bond acceptors (Lipinski definition) is 6. The summed E-state index contributed by atoms with van der Waals surface area (Å²) in [5.74, 6) is 0.428. The van der Waals surface area contributed by atoms with Crippen LogP contribution in [0.2, 0.25) is 0 Å². The Kier molecular flexibility index (Phi) is 2.56. The first-order valence-corrected chi connectivity index (χ1v) is 7.53. The zero-order chi connectivity index (χ0) is 12.8. The van der Waals surface area contributed by atoms with E-state index in [2.05, 4.69) is 20.2 Å².